The number of phosphoric acid groups is 2. The van der Waals surface area contributed by atoms with Crippen molar-refractivity contribution in [2.45, 2.75) is 361 Å². The number of unbranched alkanes of at least 4 members (excludes halogenated alkanes) is 41. The third-order valence-electron chi connectivity index (χ3n) is 15.4. The number of hydrogen-bond donors (Lipinski definition) is 3. The van der Waals surface area contributed by atoms with Gasteiger partial charge in [-0.15, -0.1) is 0 Å². The van der Waals surface area contributed by atoms with Crippen LogP contribution in [0.5, 0.6) is 0 Å². The normalized spacial score (nSPS) is 14.1. The van der Waals surface area contributed by atoms with Crippen LogP contribution in [0.2, 0.25) is 0 Å². The number of carbonyl (C=O) groups is 4. The first-order valence-corrected chi connectivity index (χ1v) is 37.8. The van der Waals surface area contributed by atoms with Gasteiger partial charge in [-0.05, 0) is 25.7 Å². The second-order valence-corrected chi connectivity index (χ2v) is 26.8. The van der Waals surface area contributed by atoms with Crippen LogP contribution in [0.1, 0.15) is 342 Å². The Balaban J connectivity index is 5.13. The molecule has 85 heavy (non-hydrogen) atoms. The predicted octanol–water partition coefficient (Wildman–Crippen LogP) is 18.7. The highest BCUT2D eigenvalue weighted by molar-refractivity contribution is 7.47. The topological polar surface area (TPSA) is 237 Å². The van der Waals surface area contributed by atoms with E-state index in [4.69, 9.17) is 37.0 Å². The van der Waals surface area contributed by atoms with Gasteiger partial charge in [-0.3, -0.25) is 37.3 Å². The van der Waals surface area contributed by atoms with Crippen molar-refractivity contribution in [1.29, 1.82) is 0 Å². The Morgan fingerprint density at radius 1 is 0.282 bits per heavy atom. The lowest BCUT2D eigenvalue weighted by atomic mass is 10.0. The molecule has 0 heterocycles. The summed E-state index contributed by atoms with van der Waals surface area (Å²) < 4.78 is 67.9. The van der Waals surface area contributed by atoms with Crippen LogP contribution in [0.3, 0.4) is 0 Å². The Morgan fingerprint density at radius 2 is 0.471 bits per heavy atom. The molecule has 2 unspecified atom stereocenters. The molecule has 0 aliphatic heterocycles. The lowest BCUT2D eigenvalue weighted by molar-refractivity contribution is -0.161. The van der Waals surface area contributed by atoms with Crippen LogP contribution >= 0.6 is 15.6 Å². The van der Waals surface area contributed by atoms with E-state index in [1.165, 1.54) is 167 Å². The summed E-state index contributed by atoms with van der Waals surface area (Å²) in [6.07, 6.45) is 47.6. The van der Waals surface area contributed by atoms with E-state index in [0.717, 1.165) is 96.3 Å². The summed E-state index contributed by atoms with van der Waals surface area (Å²) in [6, 6.07) is 0. The highest BCUT2D eigenvalue weighted by Crippen LogP contribution is 2.45. The van der Waals surface area contributed by atoms with E-state index in [-0.39, 0.29) is 25.7 Å². The highest BCUT2D eigenvalue weighted by Gasteiger charge is 2.30. The van der Waals surface area contributed by atoms with E-state index in [1.807, 2.05) is 0 Å². The van der Waals surface area contributed by atoms with Gasteiger partial charge in [0.2, 0.25) is 0 Å². The Bertz CT molecular complexity index is 1640. The molecule has 504 valence electrons. The lowest BCUT2D eigenvalue weighted by Crippen LogP contribution is -2.30. The molecule has 0 bridgehead atoms. The molecule has 0 aliphatic carbocycles. The molecule has 0 radical (unpaired) electrons. The molecule has 0 aliphatic rings. The van der Waals surface area contributed by atoms with Gasteiger partial charge in [0.1, 0.15) is 19.3 Å². The number of aliphatic hydroxyl groups excluding tert-OH is 1. The van der Waals surface area contributed by atoms with Crippen molar-refractivity contribution < 1.29 is 80.2 Å². The smallest absolute Gasteiger partial charge is 0.462 e. The van der Waals surface area contributed by atoms with Crippen molar-refractivity contribution in [3.8, 4) is 0 Å². The summed E-state index contributed by atoms with van der Waals surface area (Å²) in [4.78, 5) is 72.0. The van der Waals surface area contributed by atoms with Gasteiger partial charge in [-0.2, -0.15) is 0 Å². The number of carbonyl (C=O) groups excluding carboxylic acids is 4. The van der Waals surface area contributed by atoms with Gasteiger partial charge in [-0.1, -0.05) is 291 Å². The van der Waals surface area contributed by atoms with Crippen LogP contribution in [0.15, 0.2) is 0 Å². The second kappa shape index (κ2) is 60.9. The number of aliphatic hydroxyl groups is 1. The number of ether oxygens (including phenoxy) is 4. The van der Waals surface area contributed by atoms with Crippen LogP contribution in [0.25, 0.3) is 0 Å². The largest absolute Gasteiger partial charge is 0.472 e. The van der Waals surface area contributed by atoms with Crippen molar-refractivity contribution in [1.82, 2.24) is 0 Å². The molecular weight excluding hydrogens is 1130 g/mol. The molecule has 3 N–H and O–H groups in total. The van der Waals surface area contributed by atoms with E-state index >= 15 is 0 Å². The lowest BCUT2D eigenvalue weighted by Gasteiger charge is -2.21. The second-order valence-electron chi connectivity index (χ2n) is 23.9. The molecule has 17 nitrogen and oxygen atoms in total. The van der Waals surface area contributed by atoms with Crippen LogP contribution in [0, 0.1) is 0 Å². The maximum absolute atomic E-state index is 13.0. The highest BCUT2D eigenvalue weighted by atomic mass is 31.2. The molecule has 19 heteroatoms. The summed E-state index contributed by atoms with van der Waals surface area (Å²) in [5.74, 6) is -2.14. The predicted molar refractivity (Wildman–Crippen MR) is 340 cm³/mol. The van der Waals surface area contributed by atoms with Crippen LogP contribution in [-0.2, 0) is 65.4 Å². The zero-order chi connectivity index (χ0) is 62.6. The Kier molecular flexibility index (Phi) is 59.6. The van der Waals surface area contributed by atoms with E-state index in [0.29, 0.717) is 25.7 Å². The molecule has 0 saturated carbocycles. The minimum atomic E-state index is -4.94. The first kappa shape index (κ1) is 83.1. The fraction of sp³-hybridized carbons (Fsp3) is 0.939. The fourth-order valence-corrected chi connectivity index (χ4v) is 11.6. The number of rotatable bonds is 67. The van der Waals surface area contributed by atoms with Crippen LogP contribution < -0.4 is 0 Å². The molecule has 0 aromatic rings. The summed E-state index contributed by atoms with van der Waals surface area (Å²) in [7, 11) is -9.88. The SMILES string of the molecule is CCCCCCCCCCCCCCCCCCCCC(=O)O[C@H](COC(=O)CCCCCCCCCCCCCCC)COP(=O)(O)OC[C@@H](O)COP(=O)(O)OC[C@@H](COC(=O)CCCCCCC)OC(=O)CCCCCCCCCCC. The third-order valence-corrected chi connectivity index (χ3v) is 17.3. The number of phosphoric ester groups is 2. The van der Waals surface area contributed by atoms with Gasteiger partial charge in [0, 0.05) is 25.7 Å². The summed E-state index contributed by atoms with van der Waals surface area (Å²) in [5.41, 5.74) is 0. The maximum atomic E-state index is 13.0. The van der Waals surface area contributed by atoms with Crippen molar-refractivity contribution >= 4 is 39.5 Å². The Morgan fingerprint density at radius 3 is 0.694 bits per heavy atom. The van der Waals surface area contributed by atoms with Crippen molar-refractivity contribution in [3.63, 3.8) is 0 Å². The van der Waals surface area contributed by atoms with Crippen LogP contribution in [-0.4, -0.2) is 96.7 Å². The Hall–Kier alpha value is -1.94. The molecule has 0 aromatic heterocycles. The van der Waals surface area contributed by atoms with E-state index in [2.05, 4.69) is 27.7 Å². The zero-order valence-electron chi connectivity index (χ0n) is 54.6. The van der Waals surface area contributed by atoms with Gasteiger partial charge >= 0.3 is 39.5 Å². The minimum Gasteiger partial charge on any atom is -0.462 e. The van der Waals surface area contributed by atoms with Gasteiger partial charge in [0.05, 0.1) is 26.4 Å². The monoisotopic (exact) mass is 1250 g/mol. The van der Waals surface area contributed by atoms with E-state index < -0.39 is 97.5 Å². The molecular formula is C66H128O17P2. The molecule has 0 amide bonds. The number of hydrogen-bond acceptors (Lipinski definition) is 15. The summed E-state index contributed by atoms with van der Waals surface area (Å²) in [6.45, 7) is 4.81. The fourth-order valence-electron chi connectivity index (χ4n) is 9.99. The average molecular weight is 1260 g/mol. The molecule has 0 fully saturated rings. The quantitative estimate of drug-likeness (QED) is 0.0222. The van der Waals surface area contributed by atoms with Gasteiger partial charge in [0.15, 0.2) is 12.2 Å². The third kappa shape index (κ3) is 60.7. The van der Waals surface area contributed by atoms with Gasteiger partial charge in [0.25, 0.3) is 0 Å². The standard InChI is InChI=1S/C66H128O17P2/c1-5-9-13-17-20-23-25-27-28-29-30-31-33-35-38-41-45-49-53-66(71)83-62(57-77-64(69)51-47-43-39-37-34-32-26-24-21-18-14-10-6-2)59-81-85(74,75)79-55-60(67)54-78-84(72,73)80-58-61(56-76-63(68)50-46-42-16-12-8-4)82-65(70)52-48-44-40-36-22-19-15-11-7-3/h60-62,67H,5-59H2,1-4H3,(H,72,73)(H,74,75)/t60-,61+,62+/m0/s1. The first-order chi connectivity index (χ1) is 41.2. The summed E-state index contributed by atoms with van der Waals surface area (Å²) in [5, 5.41) is 10.5. The molecule has 0 saturated heterocycles. The summed E-state index contributed by atoms with van der Waals surface area (Å²) >= 11 is 0. The van der Waals surface area contributed by atoms with Crippen molar-refractivity contribution in [2.24, 2.45) is 0 Å². The minimum absolute atomic E-state index is 0.105. The van der Waals surface area contributed by atoms with Crippen LogP contribution in [0.4, 0.5) is 0 Å². The first-order valence-electron chi connectivity index (χ1n) is 34.8. The molecule has 0 spiro atoms. The number of esters is 4. The van der Waals surface area contributed by atoms with Crippen molar-refractivity contribution in [3.05, 3.63) is 0 Å². The van der Waals surface area contributed by atoms with Gasteiger partial charge < -0.3 is 33.8 Å². The molecule has 5 atom stereocenters. The van der Waals surface area contributed by atoms with E-state index in [9.17, 15) is 43.2 Å². The zero-order valence-corrected chi connectivity index (χ0v) is 56.4. The van der Waals surface area contributed by atoms with Gasteiger partial charge in [-0.25, -0.2) is 9.13 Å². The maximum Gasteiger partial charge on any atom is 0.472 e. The molecule has 0 rings (SSSR count). The van der Waals surface area contributed by atoms with E-state index in [1.54, 1.807) is 0 Å². The Labute approximate surface area is 517 Å². The molecule has 0 aromatic carbocycles. The average Bonchev–Trinajstić information content (AvgIpc) is 3.51. The van der Waals surface area contributed by atoms with Crippen molar-refractivity contribution in [2.75, 3.05) is 39.6 Å².